The minimum absolute atomic E-state index is 0.0453. The molecule has 1 amide bonds. The summed E-state index contributed by atoms with van der Waals surface area (Å²) in [5.41, 5.74) is 6.28. The average molecular weight is 295 g/mol. The van der Waals surface area contributed by atoms with E-state index in [1.165, 1.54) is 12.8 Å². The second-order valence-corrected chi connectivity index (χ2v) is 8.00. The molecule has 0 aromatic carbocycles. The summed E-state index contributed by atoms with van der Waals surface area (Å²) in [4.78, 5) is 14.8. The maximum atomic E-state index is 12.5. The molecule has 4 heteroatoms. The molecule has 0 spiro atoms. The lowest BCUT2D eigenvalue weighted by molar-refractivity contribution is -0.128. The summed E-state index contributed by atoms with van der Waals surface area (Å²) in [6, 6.07) is 0.580. The van der Waals surface area contributed by atoms with Crippen LogP contribution in [0.15, 0.2) is 0 Å². The molecule has 21 heavy (non-hydrogen) atoms. The van der Waals surface area contributed by atoms with Gasteiger partial charge in [0, 0.05) is 25.2 Å². The molecule has 122 valence electrons. The Labute approximate surface area is 129 Å². The molecule has 0 bridgehead atoms. The second-order valence-electron chi connectivity index (χ2n) is 8.00. The van der Waals surface area contributed by atoms with Crippen molar-refractivity contribution in [1.82, 2.24) is 10.2 Å². The van der Waals surface area contributed by atoms with Crippen LogP contribution in [-0.2, 0) is 4.79 Å². The van der Waals surface area contributed by atoms with E-state index in [1.54, 1.807) is 0 Å². The number of hydrogen-bond acceptors (Lipinski definition) is 3. The maximum Gasteiger partial charge on any atom is 0.237 e. The van der Waals surface area contributed by atoms with Crippen molar-refractivity contribution < 1.29 is 4.79 Å². The molecule has 3 N–H and O–H groups in total. The van der Waals surface area contributed by atoms with Gasteiger partial charge in [-0.2, -0.15) is 0 Å². The van der Waals surface area contributed by atoms with Crippen LogP contribution in [0.4, 0.5) is 0 Å². The Bertz CT molecular complexity index is 361. The minimum atomic E-state index is -0.0453. The molecule has 1 heterocycles. The minimum Gasteiger partial charge on any atom is -0.352 e. The number of piperidine rings is 1. The highest BCUT2D eigenvalue weighted by molar-refractivity contribution is 5.81. The fraction of sp³-hybridized carbons (Fsp3) is 0.941. The van der Waals surface area contributed by atoms with Crippen molar-refractivity contribution in [1.29, 1.82) is 0 Å². The summed E-state index contributed by atoms with van der Waals surface area (Å²) < 4.78 is 0. The van der Waals surface area contributed by atoms with Crippen molar-refractivity contribution in [2.75, 3.05) is 13.1 Å². The van der Waals surface area contributed by atoms with Crippen molar-refractivity contribution >= 4 is 5.91 Å². The number of carbonyl (C=O) groups is 1. The van der Waals surface area contributed by atoms with Crippen LogP contribution in [0.5, 0.6) is 0 Å². The Hall–Kier alpha value is -0.610. The highest BCUT2D eigenvalue weighted by Crippen LogP contribution is 2.29. The van der Waals surface area contributed by atoms with Crippen LogP contribution in [0.25, 0.3) is 0 Å². The number of hydrogen-bond donors (Lipinski definition) is 2. The zero-order valence-electron chi connectivity index (χ0n) is 14.2. The fourth-order valence-corrected chi connectivity index (χ4v) is 3.64. The van der Waals surface area contributed by atoms with Gasteiger partial charge >= 0.3 is 0 Å². The van der Waals surface area contributed by atoms with Gasteiger partial charge in [0.05, 0.1) is 6.04 Å². The summed E-state index contributed by atoms with van der Waals surface area (Å²) in [6.07, 6.45) is 5.73. The van der Waals surface area contributed by atoms with E-state index in [0.29, 0.717) is 6.04 Å². The fourth-order valence-electron chi connectivity index (χ4n) is 3.64. The first-order valence-electron chi connectivity index (χ1n) is 8.59. The molecule has 0 aromatic heterocycles. The number of likely N-dealkylation sites (tertiary alicyclic amines) is 1. The monoisotopic (exact) mass is 295 g/mol. The maximum absolute atomic E-state index is 12.5. The standard InChI is InChI=1S/C17H33N3O/c1-12-5-7-14(8-6-12)19-16(21)13(2)20-10-9-15(18)17(3,4)11-20/h12-15H,5-11,18H2,1-4H3,(H,19,21). The Balaban J connectivity index is 1.85. The molecule has 1 aliphatic heterocycles. The largest absolute Gasteiger partial charge is 0.352 e. The topological polar surface area (TPSA) is 58.4 Å². The Morgan fingerprint density at radius 2 is 1.86 bits per heavy atom. The molecule has 2 fully saturated rings. The van der Waals surface area contributed by atoms with Gasteiger partial charge in [-0.25, -0.2) is 0 Å². The summed E-state index contributed by atoms with van der Waals surface area (Å²) >= 11 is 0. The Kier molecular flexibility index (Phi) is 5.31. The molecular weight excluding hydrogens is 262 g/mol. The normalized spacial score (nSPS) is 35.2. The number of rotatable bonds is 3. The molecule has 1 aliphatic carbocycles. The van der Waals surface area contributed by atoms with E-state index >= 15 is 0 Å². The van der Waals surface area contributed by atoms with Crippen LogP contribution in [0.3, 0.4) is 0 Å². The van der Waals surface area contributed by atoms with Gasteiger partial charge in [-0.1, -0.05) is 20.8 Å². The van der Waals surface area contributed by atoms with Crippen LogP contribution in [0, 0.1) is 11.3 Å². The van der Waals surface area contributed by atoms with E-state index < -0.39 is 0 Å². The number of nitrogens with zero attached hydrogens (tertiary/aromatic N) is 1. The quantitative estimate of drug-likeness (QED) is 0.838. The van der Waals surface area contributed by atoms with Crippen LogP contribution < -0.4 is 11.1 Å². The van der Waals surface area contributed by atoms with Gasteiger partial charge in [-0.3, -0.25) is 9.69 Å². The van der Waals surface area contributed by atoms with E-state index in [1.807, 2.05) is 6.92 Å². The third kappa shape index (κ3) is 4.19. The lowest BCUT2D eigenvalue weighted by atomic mass is 9.79. The molecule has 2 atom stereocenters. The number of nitrogens with one attached hydrogen (secondary N) is 1. The second kappa shape index (κ2) is 6.66. The van der Waals surface area contributed by atoms with E-state index in [-0.39, 0.29) is 23.4 Å². The highest BCUT2D eigenvalue weighted by Gasteiger charge is 2.37. The number of amides is 1. The molecule has 1 saturated carbocycles. The summed E-state index contributed by atoms with van der Waals surface area (Å²) in [7, 11) is 0. The van der Waals surface area contributed by atoms with E-state index in [9.17, 15) is 4.79 Å². The Morgan fingerprint density at radius 3 is 2.43 bits per heavy atom. The predicted molar refractivity (Wildman–Crippen MR) is 87.0 cm³/mol. The highest BCUT2D eigenvalue weighted by atomic mass is 16.2. The van der Waals surface area contributed by atoms with E-state index in [4.69, 9.17) is 5.73 Å². The summed E-state index contributed by atoms with van der Waals surface area (Å²) in [5, 5.41) is 3.26. The SMILES string of the molecule is CC1CCC(NC(=O)C(C)N2CCC(N)C(C)(C)C2)CC1. The van der Waals surface area contributed by atoms with Gasteiger partial charge in [-0.15, -0.1) is 0 Å². The third-order valence-electron chi connectivity index (χ3n) is 5.63. The van der Waals surface area contributed by atoms with Gasteiger partial charge in [0.25, 0.3) is 0 Å². The molecule has 2 unspecified atom stereocenters. The first-order chi connectivity index (χ1) is 9.79. The molecule has 4 nitrogen and oxygen atoms in total. The van der Waals surface area contributed by atoms with Gasteiger partial charge in [-0.05, 0) is 50.4 Å². The molecule has 1 saturated heterocycles. The lowest BCUT2D eigenvalue weighted by Gasteiger charge is -2.44. The van der Waals surface area contributed by atoms with Crippen LogP contribution in [-0.4, -0.2) is 42.0 Å². The molecule has 0 aromatic rings. The van der Waals surface area contributed by atoms with Crippen LogP contribution in [0.2, 0.25) is 0 Å². The zero-order valence-corrected chi connectivity index (χ0v) is 14.2. The van der Waals surface area contributed by atoms with Crippen molar-refractivity contribution in [3.05, 3.63) is 0 Å². The van der Waals surface area contributed by atoms with Gasteiger partial charge < -0.3 is 11.1 Å². The molecular formula is C17H33N3O. The third-order valence-corrected chi connectivity index (χ3v) is 5.63. The first kappa shape index (κ1) is 16.8. The van der Waals surface area contributed by atoms with Crippen molar-refractivity contribution in [2.24, 2.45) is 17.1 Å². The van der Waals surface area contributed by atoms with E-state index in [2.05, 4.69) is 31.0 Å². The van der Waals surface area contributed by atoms with Crippen LogP contribution in [0.1, 0.15) is 59.8 Å². The summed E-state index contributed by atoms with van der Waals surface area (Å²) in [5.74, 6) is 1.01. The van der Waals surface area contributed by atoms with Gasteiger partial charge in [0.1, 0.15) is 0 Å². The zero-order chi connectivity index (χ0) is 15.6. The molecule has 2 rings (SSSR count). The number of carbonyl (C=O) groups excluding carboxylic acids is 1. The molecule has 0 radical (unpaired) electrons. The van der Waals surface area contributed by atoms with Crippen molar-refractivity contribution in [2.45, 2.75) is 77.9 Å². The van der Waals surface area contributed by atoms with Crippen molar-refractivity contribution in [3.8, 4) is 0 Å². The van der Waals surface area contributed by atoms with Gasteiger partial charge in [0.2, 0.25) is 5.91 Å². The van der Waals surface area contributed by atoms with Crippen molar-refractivity contribution in [3.63, 3.8) is 0 Å². The first-order valence-corrected chi connectivity index (χ1v) is 8.59. The molecule has 2 aliphatic rings. The van der Waals surface area contributed by atoms with E-state index in [0.717, 1.165) is 38.3 Å². The average Bonchev–Trinajstić information content (AvgIpc) is 2.43. The van der Waals surface area contributed by atoms with Crippen LogP contribution >= 0.6 is 0 Å². The lowest BCUT2D eigenvalue weighted by Crippen LogP contribution is -2.58. The predicted octanol–water partition coefficient (Wildman–Crippen LogP) is 2.13. The summed E-state index contributed by atoms with van der Waals surface area (Å²) in [6.45, 7) is 10.6. The smallest absolute Gasteiger partial charge is 0.237 e. The number of nitrogens with two attached hydrogens (primary N) is 1. The van der Waals surface area contributed by atoms with Gasteiger partial charge in [0.15, 0.2) is 0 Å². The Morgan fingerprint density at radius 1 is 1.24 bits per heavy atom.